The van der Waals surface area contributed by atoms with Gasteiger partial charge in [0.1, 0.15) is 6.04 Å². The van der Waals surface area contributed by atoms with Crippen molar-refractivity contribution < 1.29 is 19.1 Å². The summed E-state index contributed by atoms with van der Waals surface area (Å²) in [4.78, 5) is 31.0. The molecule has 2 aliphatic heterocycles. The van der Waals surface area contributed by atoms with Crippen molar-refractivity contribution in [2.45, 2.75) is 25.3 Å². The Kier molecular flexibility index (Phi) is 6.62. The van der Waals surface area contributed by atoms with Crippen LogP contribution < -0.4 is 14.8 Å². The van der Waals surface area contributed by atoms with Gasteiger partial charge in [-0.05, 0) is 41.8 Å². The molecule has 1 aromatic heterocycles. The van der Waals surface area contributed by atoms with Crippen LogP contribution in [0.1, 0.15) is 34.0 Å². The molecule has 5 rings (SSSR count). The number of aryl methyl sites for hydroxylation is 1. The Morgan fingerprint density at radius 1 is 0.944 bits per heavy atom. The number of likely N-dealkylation sites (N-methyl/N-ethyl adjacent to an activating group) is 1. The summed E-state index contributed by atoms with van der Waals surface area (Å²) < 4.78 is 11.1. The van der Waals surface area contributed by atoms with Crippen molar-refractivity contribution in [3.8, 4) is 11.5 Å². The SMILES string of the molecule is Cc1cccccc([C@@H](c2ccccc2)[C@H]2NC(=O)CN(C)C2=O)c(Cc2ccc3c(c2)OCO3)[nH]1. The smallest absolute Gasteiger partial charge is 0.246 e. The highest BCUT2D eigenvalue weighted by molar-refractivity contribution is 5.95. The van der Waals surface area contributed by atoms with E-state index in [0.717, 1.165) is 39.6 Å². The maximum absolute atomic E-state index is 13.4. The van der Waals surface area contributed by atoms with Crippen LogP contribution in [0.25, 0.3) is 0 Å². The van der Waals surface area contributed by atoms with Gasteiger partial charge in [0.05, 0.1) is 6.54 Å². The molecule has 2 aliphatic rings. The number of nitrogens with one attached hydrogen (secondary N) is 2. The van der Waals surface area contributed by atoms with E-state index in [4.69, 9.17) is 9.47 Å². The monoisotopic (exact) mass is 483 g/mol. The zero-order valence-corrected chi connectivity index (χ0v) is 20.4. The normalized spacial score (nSPS) is 17.4. The van der Waals surface area contributed by atoms with Gasteiger partial charge in [-0.25, -0.2) is 0 Å². The van der Waals surface area contributed by atoms with Crippen LogP contribution in [0.3, 0.4) is 0 Å². The Morgan fingerprint density at radius 3 is 2.47 bits per heavy atom. The predicted molar refractivity (Wildman–Crippen MR) is 136 cm³/mol. The van der Waals surface area contributed by atoms with Crippen LogP contribution >= 0.6 is 0 Å². The first kappa shape index (κ1) is 23.5. The number of nitrogens with zero attached hydrogens (tertiary/aromatic N) is 1. The van der Waals surface area contributed by atoms with E-state index in [1.165, 1.54) is 4.90 Å². The zero-order chi connectivity index (χ0) is 25.1. The van der Waals surface area contributed by atoms with Gasteiger partial charge in [-0.15, -0.1) is 0 Å². The zero-order valence-electron chi connectivity index (χ0n) is 20.4. The highest BCUT2D eigenvalue weighted by Gasteiger charge is 2.38. The van der Waals surface area contributed by atoms with Gasteiger partial charge >= 0.3 is 0 Å². The number of aromatic nitrogens is 1. The van der Waals surface area contributed by atoms with Crippen LogP contribution in [0.4, 0.5) is 0 Å². The van der Waals surface area contributed by atoms with Gasteiger partial charge in [-0.3, -0.25) is 9.59 Å². The summed E-state index contributed by atoms with van der Waals surface area (Å²) in [6.45, 7) is 2.28. The number of H-pyrrole nitrogens is 1. The molecule has 0 radical (unpaired) electrons. The lowest BCUT2D eigenvalue weighted by molar-refractivity contribution is -0.143. The second-order valence-electron chi connectivity index (χ2n) is 9.14. The Labute approximate surface area is 210 Å². The third-order valence-corrected chi connectivity index (χ3v) is 6.53. The molecule has 7 heteroatoms. The van der Waals surface area contributed by atoms with Crippen molar-refractivity contribution in [3.05, 3.63) is 107 Å². The molecule has 2 N–H and O–H groups in total. The molecule has 2 atom stereocenters. The third kappa shape index (κ3) is 4.91. The fourth-order valence-corrected chi connectivity index (χ4v) is 4.82. The van der Waals surface area contributed by atoms with Crippen molar-refractivity contribution >= 4 is 11.8 Å². The minimum atomic E-state index is -0.735. The lowest BCUT2D eigenvalue weighted by Gasteiger charge is -2.35. The van der Waals surface area contributed by atoms with Crippen LogP contribution in [0.5, 0.6) is 11.5 Å². The topological polar surface area (TPSA) is 83.7 Å². The van der Waals surface area contributed by atoms with Gasteiger partial charge in [0, 0.05) is 30.8 Å². The van der Waals surface area contributed by atoms with Crippen LogP contribution in [0.2, 0.25) is 0 Å². The average Bonchev–Trinajstić information content (AvgIpc) is 3.36. The van der Waals surface area contributed by atoms with E-state index in [1.807, 2.05) is 85.8 Å². The van der Waals surface area contributed by atoms with Gasteiger partial charge in [0.15, 0.2) is 11.5 Å². The number of ether oxygens (including phenoxy) is 2. The molecular formula is C29H29N3O4. The molecule has 0 bridgehead atoms. The first-order valence-corrected chi connectivity index (χ1v) is 12.0. The molecular weight excluding hydrogens is 454 g/mol. The van der Waals surface area contributed by atoms with Crippen molar-refractivity contribution in [2.24, 2.45) is 0 Å². The molecule has 184 valence electrons. The minimum absolute atomic E-state index is 0.0542. The fraction of sp³-hybridized carbons (Fsp3) is 0.241. The van der Waals surface area contributed by atoms with Crippen LogP contribution in [0, 0.1) is 6.92 Å². The molecule has 3 heterocycles. The van der Waals surface area contributed by atoms with Crippen LogP contribution in [-0.4, -0.2) is 48.1 Å². The fourth-order valence-electron chi connectivity index (χ4n) is 4.82. The van der Waals surface area contributed by atoms with E-state index in [-0.39, 0.29) is 25.2 Å². The molecule has 3 aromatic rings. The molecule has 0 spiro atoms. The third-order valence-electron chi connectivity index (χ3n) is 6.53. The van der Waals surface area contributed by atoms with Crippen molar-refractivity contribution in [1.82, 2.24) is 15.2 Å². The number of hydrogen-bond acceptors (Lipinski definition) is 4. The highest BCUT2D eigenvalue weighted by Crippen LogP contribution is 2.35. The number of carbonyl (C=O) groups excluding carboxylic acids is 2. The molecule has 1 saturated heterocycles. The molecule has 36 heavy (non-hydrogen) atoms. The quantitative estimate of drug-likeness (QED) is 0.577. The van der Waals surface area contributed by atoms with E-state index in [2.05, 4.69) is 10.3 Å². The van der Waals surface area contributed by atoms with Gasteiger partial charge in [-0.2, -0.15) is 0 Å². The average molecular weight is 484 g/mol. The van der Waals surface area contributed by atoms with Gasteiger partial charge in [0.2, 0.25) is 18.6 Å². The van der Waals surface area contributed by atoms with Crippen molar-refractivity contribution in [3.63, 3.8) is 0 Å². The number of aromatic amines is 1. The number of rotatable bonds is 5. The molecule has 0 unspecified atom stereocenters. The maximum atomic E-state index is 13.4. The Hall–Kier alpha value is -4.26. The molecule has 1 fully saturated rings. The van der Waals surface area contributed by atoms with Crippen LogP contribution in [0.15, 0.2) is 78.9 Å². The Balaban J connectivity index is 1.69. The summed E-state index contributed by atoms with van der Waals surface area (Å²) in [5.74, 6) is 0.762. The second kappa shape index (κ2) is 10.2. The summed E-state index contributed by atoms with van der Waals surface area (Å²) in [6.07, 6.45) is 0.565. The van der Waals surface area contributed by atoms with Gasteiger partial charge in [0.25, 0.3) is 0 Å². The van der Waals surface area contributed by atoms with E-state index < -0.39 is 12.0 Å². The summed E-state index contributed by atoms with van der Waals surface area (Å²) >= 11 is 0. The number of benzene rings is 2. The predicted octanol–water partition coefficient (Wildman–Crippen LogP) is 3.86. The first-order valence-electron chi connectivity index (χ1n) is 12.0. The number of hydrogen-bond donors (Lipinski definition) is 2. The van der Waals surface area contributed by atoms with Gasteiger partial charge < -0.3 is 24.7 Å². The Bertz CT molecular complexity index is 1330. The lowest BCUT2D eigenvalue weighted by Crippen LogP contribution is -2.59. The highest BCUT2D eigenvalue weighted by atomic mass is 16.7. The molecule has 0 aliphatic carbocycles. The number of amides is 2. The van der Waals surface area contributed by atoms with E-state index >= 15 is 0 Å². The number of fused-ring (bicyclic) bond motifs is 1. The molecule has 0 saturated carbocycles. The summed E-state index contributed by atoms with van der Waals surface area (Å²) in [5.41, 5.74) is 4.81. The summed E-state index contributed by atoms with van der Waals surface area (Å²) in [7, 11) is 1.67. The summed E-state index contributed by atoms with van der Waals surface area (Å²) in [6, 6.07) is 25.0. The summed E-state index contributed by atoms with van der Waals surface area (Å²) in [5, 5.41) is 2.98. The number of piperazine rings is 1. The Morgan fingerprint density at radius 2 is 1.67 bits per heavy atom. The van der Waals surface area contributed by atoms with Crippen molar-refractivity contribution in [2.75, 3.05) is 20.4 Å². The largest absolute Gasteiger partial charge is 0.454 e. The van der Waals surface area contributed by atoms with E-state index in [0.29, 0.717) is 6.42 Å². The standard InChI is InChI=1S/C29H29N3O4/c1-19-9-5-3-8-12-22(23(30-19)15-20-13-14-24-25(16-20)36-18-35-24)27(21-10-6-4-7-11-21)28-29(34)32(2)17-26(33)31-28/h3-14,16,27-28,30H,15,17-18H2,1-2H3,(H,31,33)/t27-,28-/m1/s1. The van der Waals surface area contributed by atoms with Crippen molar-refractivity contribution in [1.29, 1.82) is 0 Å². The van der Waals surface area contributed by atoms with E-state index in [1.54, 1.807) is 7.05 Å². The van der Waals surface area contributed by atoms with E-state index in [9.17, 15) is 9.59 Å². The molecule has 2 amide bonds. The lowest BCUT2D eigenvalue weighted by atomic mass is 9.82. The molecule has 2 aromatic carbocycles. The van der Waals surface area contributed by atoms with Crippen LogP contribution in [-0.2, 0) is 16.0 Å². The molecule has 7 nitrogen and oxygen atoms in total. The van der Waals surface area contributed by atoms with Gasteiger partial charge in [-0.1, -0.05) is 60.7 Å². The first-order chi connectivity index (χ1) is 17.5. The second-order valence-corrected chi connectivity index (χ2v) is 9.14. The number of carbonyl (C=O) groups is 2. The maximum Gasteiger partial charge on any atom is 0.246 e. The minimum Gasteiger partial charge on any atom is -0.454 e.